The summed E-state index contributed by atoms with van der Waals surface area (Å²) in [5, 5.41) is 2.40. The largest absolute Gasteiger partial charge is 0.352 e. The van der Waals surface area contributed by atoms with Gasteiger partial charge in [-0.3, -0.25) is 9.69 Å². The van der Waals surface area contributed by atoms with Gasteiger partial charge in [-0.05, 0) is 42.9 Å². The average Bonchev–Trinajstić information content (AvgIpc) is 3.03. The summed E-state index contributed by atoms with van der Waals surface area (Å²) in [7, 11) is 0. The lowest BCUT2D eigenvalue weighted by Crippen LogP contribution is -2.46. The molecule has 0 aromatic heterocycles. The van der Waals surface area contributed by atoms with Crippen LogP contribution in [-0.4, -0.2) is 54.5 Å². The smallest absolute Gasteiger partial charge is 0.312 e. The number of hydrogen-bond donors (Lipinski definition) is 2. The zero-order chi connectivity index (χ0) is 19.4. The molecule has 3 amide bonds. The molecular formula is C21H32N4O2. The summed E-state index contributed by atoms with van der Waals surface area (Å²) < 4.78 is 0. The fraction of sp³-hybridized carbons (Fsp3) is 0.619. The van der Waals surface area contributed by atoms with Crippen molar-refractivity contribution in [1.82, 2.24) is 15.1 Å². The molecule has 1 spiro atoms. The molecule has 3 N–H and O–H groups in total. The molecule has 148 valence electrons. The maximum atomic E-state index is 12.3. The quantitative estimate of drug-likeness (QED) is 0.832. The Bertz CT molecular complexity index is 673. The molecule has 27 heavy (non-hydrogen) atoms. The second-order valence-corrected chi connectivity index (χ2v) is 8.49. The van der Waals surface area contributed by atoms with Crippen LogP contribution in [0.2, 0.25) is 0 Å². The van der Waals surface area contributed by atoms with Crippen LogP contribution in [0.1, 0.15) is 50.2 Å². The van der Waals surface area contributed by atoms with E-state index in [0.29, 0.717) is 5.92 Å². The first-order chi connectivity index (χ1) is 12.9. The molecule has 0 radical (unpaired) electrons. The summed E-state index contributed by atoms with van der Waals surface area (Å²) in [6.45, 7) is 9.11. The van der Waals surface area contributed by atoms with Gasteiger partial charge in [-0.2, -0.15) is 0 Å². The van der Waals surface area contributed by atoms with Crippen molar-refractivity contribution in [3.05, 3.63) is 35.4 Å². The Hall–Kier alpha value is -2.08. The normalized spacial score (nSPS) is 23.1. The van der Waals surface area contributed by atoms with Crippen molar-refractivity contribution in [1.29, 1.82) is 0 Å². The van der Waals surface area contributed by atoms with Gasteiger partial charge in [-0.15, -0.1) is 0 Å². The molecule has 6 heteroatoms. The molecule has 2 aliphatic heterocycles. The molecule has 0 saturated carbocycles. The highest BCUT2D eigenvalue weighted by Crippen LogP contribution is 2.39. The zero-order valence-corrected chi connectivity index (χ0v) is 16.5. The Kier molecular flexibility index (Phi) is 6.05. The Morgan fingerprint density at radius 2 is 1.89 bits per heavy atom. The molecule has 2 heterocycles. The third kappa shape index (κ3) is 5.01. The molecule has 3 rings (SSSR count). The minimum Gasteiger partial charge on any atom is -0.352 e. The van der Waals surface area contributed by atoms with Gasteiger partial charge in [0.15, 0.2) is 0 Å². The van der Waals surface area contributed by atoms with Gasteiger partial charge in [0.25, 0.3) is 0 Å². The van der Waals surface area contributed by atoms with Crippen LogP contribution in [-0.2, 0) is 11.3 Å². The number of benzene rings is 1. The first-order valence-electron chi connectivity index (χ1n) is 9.99. The van der Waals surface area contributed by atoms with Crippen molar-refractivity contribution in [2.45, 2.75) is 45.6 Å². The topological polar surface area (TPSA) is 78.7 Å². The molecule has 1 aromatic rings. The van der Waals surface area contributed by atoms with Crippen LogP contribution >= 0.6 is 0 Å². The first-order valence-corrected chi connectivity index (χ1v) is 9.99. The summed E-state index contributed by atoms with van der Waals surface area (Å²) >= 11 is 0. The van der Waals surface area contributed by atoms with Gasteiger partial charge in [0, 0.05) is 31.6 Å². The van der Waals surface area contributed by atoms with Gasteiger partial charge in [0.2, 0.25) is 5.91 Å². The number of carbonyl (C=O) groups excluding carboxylic acids is 2. The third-order valence-electron chi connectivity index (χ3n) is 6.00. The van der Waals surface area contributed by atoms with Gasteiger partial charge >= 0.3 is 6.03 Å². The van der Waals surface area contributed by atoms with Gasteiger partial charge in [0.1, 0.15) is 0 Å². The van der Waals surface area contributed by atoms with E-state index < -0.39 is 6.03 Å². The maximum Gasteiger partial charge on any atom is 0.312 e. The predicted molar refractivity (Wildman–Crippen MR) is 106 cm³/mol. The van der Waals surface area contributed by atoms with E-state index in [1.54, 1.807) is 0 Å². The van der Waals surface area contributed by atoms with E-state index in [0.717, 1.165) is 39.1 Å². The van der Waals surface area contributed by atoms with Crippen LogP contribution in [0, 0.1) is 5.41 Å². The Morgan fingerprint density at radius 3 is 2.56 bits per heavy atom. The lowest BCUT2D eigenvalue weighted by atomic mass is 9.79. The standard InChI is InChI=1S/C21H32N4O2/c1-16(2)18-6-4-17(5-7-18)13-24-10-3-8-21(14-24)9-11-25(15-21)19(26)12-23-20(22)27/h4-7,16H,3,8-15H2,1-2H3,(H3,22,23,27). The number of nitrogens with one attached hydrogen (secondary N) is 1. The third-order valence-corrected chi connectivity index (χ3v) is 6.00. The van der Waals surface area contributed by atoms with E-state index >= 15 is 0 Å². The summed E-state index contributed by atoms with van der Waals surface area (Å²) in [6, 6.07) is 8.32. The number of carbonyl (C=O) groups is 2. The van der Waals surface area contributed by atoms with E-state index in [1.165, 1.54) is 24.0 Å². The molecule has 2 saturated heterocycles. The van der Waals surface area contributed by atoms with Crippen LogP contribution in [0.3, 0.4) is 0 Å². The maximum absolute atomic E-state index is 12.3. The number of likely N-dealkylation sites (tertiary alicyclic amines) is 2. The van der Waals surface area contributed by atoms with Crippen LogP contribution in [0.4, 0.5) is 4.79 Å². The van der Waals surface area contributed by atoms with Crippen molar-refractivity contribution in [3.63, 3.8) is 0 Å². The fourth-order valence-electron chi connectivity index (χ4n) is 4.47. The van der Waals surface area contributed by atoms with Crippen molar-refractivity contribution in [2.75, 3.05) is 32.7 Å². The number of primary amides is 1. The summed E-state index contributed by atoms with van der Waals surface area (Å²) in [5.41, 5.74) is 7.99. The minimum absolute atomic E-state index is 0.00265. The van der Waals surface area contributed by atoms with Gasteiger partial charge < -0.3 is 16.0 Å². The number of piperidine rings is 1. The molecule has 0 bridgehead atoms. The van der Waals surface area contributed by atoms with Crippen molar-refractivity contribution >= 4 is 11.9 Å². The number of urea groups is 1. The van der Waals surface area contributed by atoms with Gasteiger partial charge in [0.05, 0.1) is 6.54 Å². The first kappa shape index (κ1) is 19.7. The SMILES string of the molecule is CC(C)c1ccc(CN2CCCC3(CCN(C(=O)CNC(N)=O)C3)C2)cc1. The fourth-order valence-corrected chi connectivity index (χ4v) is 4.47. The molecule has 2 aliphatic rings. The second kappa shape index (κ2) is 8.30. The van der Waals surface area contributed by atoms with E-state index in [2.05, 4.69) is 48.3 Å². The lowest BCUT2D eigenvalue weighted by Gasteiger charge is -2.40. The summed E-state index contributed by atoms with van der Waals surface area (Å²) in [4.78, 5) is 27.5. The number of rotatable bonds is 5. The van der Waals surface area contributed by atoms with Crippen LogP contribution < -0.4 is 11.1 Å². The lowest BCUT2D eigenvalue weighted by molar-refractivity contribution is -0.129. The predicted octanol–water partition coefficient (Wildman–Crippen LogP) is 2.29. The summed E-state index contributed by atoms with van der Waals surface area (Å²) in [5.74, 6) is 0.524. The number of hydrogen-bond acceptors (Lipinski definition) is 3. The molecule has 2 fully saturated rings. The van der Waals surface area contributed by atoms with Crippen LogP contribution in [0.5, 0.6) is 0 Å². The van der Waals surface area contributed by atoms with Crippen LogP contribution in [0.25, 0.3) is 0 Å². The average molecular weight is 373 g/mol. The summed E-state index contributed by atoms with van der Waals surface area (Å²) in [6.07, 6.45) is 3.38. The van der Waals surface area contributed by atoms with Crippen molar-refractivity contribution in [3.8, 4) is 0 Å². The number of nitrogens with zero attached hydrogens (tertiary/aromatic N) is 2. The van der Waals surface area contributed by atoms with E-state index in [1.807, 2.05) is 4.90 Å². The molecule has 0 aliphatic carbocycles. The highest BCUT2D eigenvalue weighted by atomic mass is 16.2. The number of nitrogens with two attached hydrogens (primary N) is 1. The zero-order valence-electron chi connectivity index (χ0n) is 16.5. The second-order valence-electron chi connectivity index (χ2n) is 8.49. The van der Waals surface area contributed by atoms with Crippen LogP contribution in [0.15, 0.2) is 24.3 Å². The molecule has 1 atom stereocenters. The van der Waals surface area contributed by atoms with Gasteiger partial charge in [-0.25, -0.2) is 4.79 Å². The minimum atomic E-state index is -0.649. The Morgan fingerprint density at radius 1 is 1.15 bits per heavy atom. The van der Waals surface area contributed by atoms with E-state index in [-0.39, 0.29) is 17.9 Å². The highest BCUT2D eigenvalue weighted by Gasteiger charge is 2.42. The molecule has 1 unspecified atom stereocenters. The Labute approximate surface area is 162 Å². The van der Waals surface area contributed by atoms with E-state index in [9.17, 15) is 9.59 Å². The van der Waals surface area contributed by atoms with E-state index in [4.69, 9.17) is 5.73 Å². The number of amides is 3. The monoisotopic (exact) mass is 372 g/mol. The van der Waals surface area contributed by atoms with Crippen molar-refractivity contribution < 1.29 is 9.59 Å². The highest BCUT2D eigenvalue weighted by molar-refractivity contribution is 5.83. The van der Waals surface area contributed by atoms with Crippen molar-refractivity contribution in [2.24, 2.45) is 11.1 Å². The molecule has 1 aromatic carbocycles. The molecule has 6 nitrogen and oxygen atoms in total. The molecular weight excluding hydrogens is 340 g/mol. The Balaban J connectivity index is 1.56. The van der Waals surface area contributed by atoms with Gasteiger partial charge in [-0.1, -0.05) is 38.1 Å².